The van der Waals surface area contributed by atoms with Crippen LogP contribution in [0.5, 0.6) is 0 Å². The van der Waals surface area contributed by atoms with Gasteiger partial charge in [0.2, 0.25) is 12.1 Å². The van der Waals surface area contributed by atoms with Gasteiger partial charge in [-0.05, 0) is 36.3 Å². The van der Waals surface area contributed by atoms with E-state index < -0.39 is 44.4 Å². The van der Waals surface area contributed by atoms with Gasteiger partial charge in [-0.3, -0.25) is 14.7 Å². The molecule has 2 aliphatic heterocycles. The van der Waals surface area contributed by atoms with Crippen LogP contribution in [-0.2, 0) is 24.1 Å². The molecule has 0 unspecified atom stereocenters. The number of benzene rings is 2. The Hall–Kier alpha value is -3.98. The Balaban J connectivity index is 1.45. The van der Waals surface area contributed by atoms with Crippen molar-refractivity contribution in [1.82, 2.24) is 9.88 Å². The highest BCUT2D eigenvalue weighted by Gasteiger charge is 2.68. The van der Waals surface area contributed by atoms with E-state index in [0.29, 0.717) is 5.69 Å². The monoisotopic (exact) mass is 504 g/mol. The molecule has 0 radical (unpaired) electrons. The molecule has 2 aliphatic rings. The van der Waals surface area contributed by atoms with Gasteiger partial charge in [0.15, 0.2) is 15.9 Å². The van der Waals surface area contributed by atoms with Gasteiger partial charge in [-0.25, -0.2) is 13.2 Å². The van der Waals surface area contributed by atoms with Crippen molar-refractivity contribution in [3.63, 3.8) is 0 Å². The second-order valence-corrected chi connectivity index (χ2v) is 11.3. The van der Waals surface area contributed by atoms with Gasteiger partial charge in [-0.15, -0.1) is 0 Å². The zero-order valence-electron chi connectivity index (χ0n) is 19.4. The number of fused-ring (bicyclic) bond motifs is 1. The minimum Gasteiger partial charge on any atom is -0.421 e. The van der Waals surface area contributed by atoms with E-state index in [1.807, 2.05) is 60.7 Å². The van der Waals surface area contributed by atoms with Crippen LogP contribution in [0, 0.1) is 0 Å². The van der Waals surface area contributed by atoms with E-state index in [-0.39, 0.29) is 6.42 Å². The lowest BCUT2D eigenvalue weighted by Gasteiger charge is -2.36. The summed E-state index contributed by atoms with van der Waals surface area (Å²) in [4.78, 5) is 30.8. The Morgan fingerprint density at radius 1 is 1.03 bits per heavy atom. The molecule has 1 aromatic heterocycles. The summed E-state index contributed by atoms with van der Waals surface area (Å²) in [5.74, 6) is -0.404. The van der Waals surface area contributed by atoms with Gasteiger partial charge in [0.1, 0.15) is 10.1 Å². The minimum atomic E-state index is -3.90. The maximum atomic E-state index is 13.4. The molecule has 3 atom stereocenters. The lowest BCUT2D eigenvalue weighted by Crippen LogP contribution is -2.55. The standard InChI is InChI=1S/C27H24N2O6S/c1-27(16-15-21-14-8-9-17-28-21)25(29-22(30)18-23(29)36(27,32)33)35-26(31)34-24(19-10-4-2-5-11-19)20-12-6-3-7-13-20/h2-17,23-25H,18H2,1H3/b16-15+/t23-,25+,27+/m1/s1. The normalized spacial score (nSPS) is 24.4. The van der Waals surface area contributed by atoms with E-state index in [4.69, 9.17) is 9.47 Å². The summed E-state index contributed by atoms with van der Waals surface area (Å²) in [5.41, 5.74) is 1.97. The number of amides is 1. The average Bonchev–Trinajstić information content (AvgIpc) is 3.02. The fourth-order valence-corrected chi connectivity index (χ4v) is 6.70. The zero-order chi connectivity index (χ0) is 25.3. The predicted octanol–water partition coefficient (Wildman–Crippen LogP) is 4.11. The molecular formula is C27H24N2O6S. The smallest absolute Gasteiger partial charge is 0.421 e. The maximum Gasteiger partial charge on any atom is 0.511 e. The molecule has 2 fully saturated rings. The summed E-state index contributed by atoms with van der Waals surface area (Å²) in [5, 5.41) is -1.06. The lowest BCUT2D eigenvalue weighted by molar-refractivity contribution is -0.157. The molecule has 2 aromatic carbocycles. The van der Waals surface area contributed by atoms with Crippen molar-refractivity contribution in [1.29, 1.82) is 0 Å². The number of sulfone groups is 1. The van der Waals surface area contributed by atoms with Crippen LogP contribution >= 0.6 is 0 Å². The number of carbonyl (C=O) groups excluding carboxylic acids is 2. The number of carbonyl (C=O) groups is 2. The van der Waals surface area contributed by atoms with Gasteiger partial charge in [0.25, 0.3) is 0 Å². The van der Waals surface area contributed by atoms with Crippen molar-refractivity contribution in [2.75, 3.05) is 0 Å². The summed E-state index contributed by atoms with van der Waals surface area (Å²) >= 11 is 0. The first-order valence-corrected chi connectivity index (χ1v) is 13.0. The number of nitrogens with zero attached hydrogens (tertiary/aromatic N) is 2. The lowest BCUT2D eigenvalue weighted by atomic mass is 10.0. The van der Waals surface area contributed by atoms with E-state index in [0.717, 1.165) is 16.0 Å². The van der Waals surface area contributed by atoms with Gasteiger partial charge in [0, 0.05) is 6.20 Å². The van der Waals surface area contributed by atoms with Crippen LogP contribution in [0.4, 0.5) is 4.79 Å². The number of β-lactam (4-membered cyclic amide) rings is 1. The van der Waals surface area contributed by atoms with E-state index in [2.05, 4.69) is 4.98 Å². The fraction of sp³-hybridized carbons (Fsp3) is 0.222. The number of hydrogen-bond acceptors (Lipinski definition) is 7. The van der Waals surface area contributed by atoms with Crippen LogP contribution in [0.25, 0.3) is 6.08 Å². The topological polar surface area (TPSA) is 103 Å². The average molecular weight is 505 g/mol. The fourth-order valence-electron chi connectivity index (χ4n) is 4.53. The summed E-state index contributed by atoms with van der Waals surface area (Å²) in [6.07, 6.45) is 1.17. The highest BCUT2D eigenvalue weighted by Crippen LogP contribution is 2.47. The van der Waals surface area contributed by atoms with Gasteiger partial charge in [0.05, 0.1) is 12.1 Å². The minimum absolute atomic E-state index is 0.152. The third kappa shape index (κ3) is 4.05. The Morgan fingerprint density at radius 2 is 1.64 bits per heavy atom. The van der Waals surface area contributed by atoms with Crippen molar-refractivity contribution in [2.45, 2.75) is 35.8 Å². The van der Waals surface area contributed by atoms with Gasteiger partial charge in [-0.2, -0.15) is 0 Å². The van der Waals surface area contributed by atoms with Gasteiger partial charge in [-0.1, -0.05) is 72.8 Å². The molecule has 3 heterocycles. The number of pyridine rings is 1. The number of hydrogen-bond donors (Lipinski definition) is 0. The third-order valence-electron chi connectivity index (χ3n) is 6.56. The summed E-state index contributed by atoms with van der Waals surface area (Å²) < 4.78 is 36.5. The van der Waals surface area contributed by atoms with E-state index >= 15 is 0 Å². The van der Waals surface area contributed by atoms with Crippen molar-refractivity contribution in [3.05, 3.63) is 108 Å². The van der Waals surface area contributed by atoms with Gasteiger partial charge < -0.3 is 9.47 Å². The number of aromatic nitrogens is 1. The quantitative estimate of drug-likeness (QED) is 0.368. The first-order chi connectivity index (χ1) is 17.3. The van der Waals surface area contributed by atoms with Crippen LogP contribution in [0.1, 0.15) is 36.3 Å². The molecule has 9 heteroatoms. The molecule has 1 amide bonds. The highest BCUT2D eigenvalue weighted by molar-refractivity contribution is 7.94. The van der Waals surface area contributed by atoms with Crippen LogP contribution in [-0.4, -0.2) is 46.7 Å². The van der Waals surface area contributed by atoms with Crippen LogP contribution in [0.3, 0.4) is 0 Å². The largest absolute Gasteiger partial charge is 0.511 e. The molecule has 0 saturated carbocycles. The Kier molecular flexibility index (Phi) is 6.09. The zero-order valence-corrected chi connectivity index (χ0v) is 20.2. The molecule has 2 saturated heterocycles. The Bertz CT molecular complexity index is 1360. The molecule has 8 nitrogen and oxygen atoms in total. The predicted molar refractivity (Wildman–Crippen MR) is 132 cm³/mol. The Morgan fingerprint density at radius 3 is 2.19 bits per heavy atom. The Labute approximate surface area is 209 Å². The molecule has 36 heavy (non-hydrogen) atoms. The van der Waals surface area contributed by atoms with Crippen molar-refractivity contribution < 1.29 is 27.5 Å². The SMILES string of the molecule is C[C@]1(/C=C/c2ccccn2)[C@H](OC(=O)OC(c2ccccc2)c2ccccc2)N2C(=O)C[C@H]2S1(=O)=O. The van der Waals surface area contributed by atoms with Crippen LogP contribution in [0.2, 0.25) is 0 Å². The van der Waals surface area contributed by atoms with Crippen molar-refractivity contribution >= 4 is 28.0 Å². The molecule has 0 N–H and O–H groups in total. The first kappa shape index (κ1) is 23.7. The highest BCUT2D eigenvalue weighted by atomic mass is 32.2. The molecule has 3 aromatic rings. The molecule has 0 spiro atoms. The van der Waals surface area contributed by atoms with Crippen molar-refractivity contribution in [3.8, 4) is 0 Å². The van der Waals surface area contributed by atoms with Crippen molar-refractivity contribution in [2.24, 2.45) is 0 Å². The summed E-state index contributed by atoms with van der Waals surface area (Å²) in [7, 11) is -3.90. The summed E-state index contributed by atoms with van der Waals surface area (Å²) in [6, 6.07) is 23.5. The molecule has 0 aliphatic carbocycles. The number of ether oxygens (including phenoxy) is 2. The third-order valence-corrected chi connectivity index (χ3v) is 9.24. The van der Waals surface area contributed by atoms with E-state index in [1.54, 1.807) is 30.5 Å². The maximum absolute atomic E-state index is 13.4. The van der Waals surface area contributed by atoms with Crippen LogP contribution in [0.15, 0.2) is 91.1 Å². The molecule has 5 rings (SSSR count). The first-order valence-electron chi connectivity index (χ1n) is 11.4. The second kappa shape index (κ2) is 9.23. The van der Waals surface area contributed by atoms with Gasteiger partial charge >= 0.3 is 6.16 Å². The second-order valence-electron chi connectivity index (χ2n) is 8.82. The van der Waals surface area contributed by atoms with Crippen LogP contribution < -0.4 is 0 Å². The van der Waals surface area contributed by atoms with E-state index in [9.17, 15) is 18.0 Å². The van der Waals surface area contributed by atoms with E-state index in [1.165, 1.54) is 13.0 Å². The summed E-state index contributed by atoms with van der Waals surface area (Å²) in [6.45, 7) is 1.44. The number of rotatable bonds is 6. The molecular weight excluding hydrogens is 480 g/mol. The molecule has 184 valence electrons. The molecule has 0 bridgehead atoms.